The van der Waals surface area contributed by atoms with Crippen LogP contribution < -0.4 is 5.32 Å². The fourth-order valence-corrected chi connectivity index (χ4v) is 12.4. The van der Waals surface area contributed by atoms with Crippen LogP contribution in [-0.2, 0) is 47.5 Å². The van der Waals surface area contributed by atoms with E-state index in [4.69, 9.17) is 37.9 Å². The molecule has 1 aromatic carbocycles. The van der Waals surface area contributed by atoms with E-state index in [1.165, 1.54) is 0 Å². The predicted octanol–water partition coefficient (Wildman–Crippen LogP) is 6.01. The van der Waals surface area contributed by atoms with Crippen LogP contribution in [-0.4, -0.2) is 137 Å². The number of Topliss-reactive ketones (excluding diaryl/α,β-unsaturated/α-hetero) is 1. The number of ketones is 1. The minimum atomic E-state index is -0.859. The molecule has 0 amide bonds. The number of allylic oxidation sites excluding steroid dienone is 2. The molecule has 5 fully saturated rings. The molecule has 0 aromatic heterocycles. The first-order chi connectivity index (χ1) is 29.8. The van der Waals surface area contributed by atoms with E-state index in [2.05, 4.69) is 56.4 Å². The van der Waals surface area contributed by atoms with Gasteiger partial charge in [-0.05, 0) is 115 Å². The lowest BCUT2D eigenvalue weighted by molar-refractivity contribution is -0.314. The molecule has 3 saturated heterocycles. The summed E-state index contributed by atoms with van der Waals surface area (Å²) in [6, 6.07) is 10.1. The van der Waals surface area contributed by atoms with Gasteiger partial charge in [0.1, 0.15) is 24.4 Å². The Balaban J connectivity index is 1.20. The van der Waals surface area contributed by atoms with Crippen molar-refractivity contribution in [1.29, 1.82) is 0 Å². The normalized spacial score (nSPS) is 43.4. The molecule has 1 aromatic rings. The highest BCUT2D eigenvalue weighted by Crippen LogP contribution is 2.57. The Labute approximate surface area is 370 Å². The van der Waals surface area contributed by atoms with Gasteiger partial charge in [-0.1, -0.05) is 50.3 Å². The Hall–Kier alpha value is -2.30. The third kappa shape index (κ3) is 9.93. The molecule has 20 atom stereocenters. The Morgan fingerprint density at radius 1 is 0.871 bits per heavy atom. The fourth-order valence-electron chi connectivity index (χ4n) is 12.4. The predicted molar refractivity (Wildman–Crippen MR) is 233 cm³/mol. The van der Waals surface area contributed by atoms with Gasteiger partial charge in [0.15, 0.2) is 18.4 Å². The fraction of sp³-hybridized carbons (Fsp3) is 0.796. The number of hydrogen-bond acceptors (Lipinski definition) is 13. The van der Waals surface area contributed by atoms with Gasteiger partial charge in [0.25, 0.3) is 0 Å². The molecule has 3 unspecified atom stereocenters. The van der Waals surface area contributed by atoms with Crippen molar-refractivity contribution in [3.05, 3.63) is 47.5 Å². The second-order valence-corrected chi connectivity index (χ2v) is 19.4. The standard InChI is InChI=1S/C49H76N2O11/c1-11-31-18-15-19-39(62-41-21-20-38(51(6)7)28(4)58-41)26(2)44(53)37-24-34-33-22-32(61-49-48(57-10)47(56-9)46(55-8)29(5)59-49)23-36(33)43(50-27(3)30-16-13-12-14-17-30)45(54)42(34)35(37)25-40(52)60-31/h12-14,16-17,24,26-29,31-36,38-39,41-43,45-50,54H,11,15,18-23,25H2,1-10H3/t26-,27+,28?,29?,31+,32+,33+,34+,35-,36-,38+,39+,41+,42-,43-,45+,46+,47?,48+,49+/m1/s1. The maximum Gasteiger partial charge on any atom is 0.306 e. The largest absolute Gasteiger partial charge is 0.462 e. The van der Waals surface area contributed by atoms with Crippen LogP contribution in [0.3, 0.4) is 0 Å². The summed E-state index contributed by atoms with van der Waals surface area (Å²) in [5, 5.41) is 16.7. The monoisotopic (exact) mass is 869 g/mol. The lowest BCUT2D eigenvalue weighted by Gasteiger charge is -2.48. The minimum Gasteiger partial charge on any atom is -0.462 e. The zero-order valence-electron chi connectivity index (χ0n) is 38.9. The van der Waals surface area contributed by atoms with Gasteiger partial charge >= 0.3 is 5.97 Å². The molecule has 7 rings (SSSR count). The van der Waals surface area contributed by atoms with Crippen molar-refractivity contribution in [3.8, 4) is 0 Å². The van der Waals surface area contributed by atoms with E-state index < -0.39 is 42.7 Å². The molecular formula is C49H76N2O11. The first-order valence-electron chi connectivity index (χ1n) is 23.6. The molecule has 3 aliphatic carbocycles. The number of methoxy groups -OCH3 is 3. The second-order valence-electron chi connectivity index (χ2n) is 19.4. The third-order valence-electron chi connectivity index (χ3n) is 15.6. The average molecular weight is 869 g/mol. The van der Waals surface area contributed by atoms with Gasteiger partial charge in [-0.25, -0.2) is 0 Å². The lowest BCUT2D eigenvalue weighted by Crippen LogP contribution is -2.59. The number of aliphatic hydroxyl groups excluding tert-OH is 1. The summed E-state index contributed by atoms with van der Waals surface area (Å²) in [4.78, 5) is 31.3. The van der Waals surface area contributed by atoms with Gasteiger partial charge < -0.3 is 53.2 Å². The van der Waals surface area contributed by atoms with Crippen molar-refractivity contribution in [1.82, 2.24) is 10.2 Å². The van der Waals surface area contributed by atoms with Crippen LogP contribution in [0.5, 0.6) is 0 Å². The number of esters is 1. The number of ether oxygens (including phenoxy) is 8. The number of carbonyl (C=O) groups excluding carboxylic acids is 2. The maximum atomic E-state index is 15.1. The van der Waals surface area contributed by atoms with Crippen LogP contribution in [0.4, 0.5) is 0 Å². The number of benzene rings is 1. The topological polar surface area (TPSA) is 143 Å². The number of fused-ring (bicyclic) bond motifs is 5. The Kier molecular flexibility index (Phi) is 16.1. The van der Waals surface area contributed by atoms with E-state index in [-0.39, 0.29) is 90.6 Å². The summed E-state index contributed by atoms with van der Waals surface area (Å²) in [7, 11) is 9.09. The molecule has 13 nitrogen and oxygen atoms in total. The van der Waals surface area contributed by atoms with E-state index in [1.807, 2.05) is 39.0 Å². The van der Waals surface area contributed by atoms with Crippen molar-refractivity contribution in [2.45, 2.75) is 178 Å². The number of rotatable bonds is 12. The molecule has 0 radical (unpaired) electrons. The van der Waals surface area contributed by atoms with E-state index in [0.717, 1.165) is 24.8 Å². The number of nitrogens with one attached hydrogen (secondary N) is 1. The molecule has 6 aliphatic rings. The quantitative estimate of drug-likeness (QED) is 0.237. The summed E-state index contributed by atoms with van der Waals surface area (Å²) in [6.07, 6.45) is 3.62. The zero-order valence-corrected chi connectivity index (χ0v) is 38.9. The smallest absolute Gasteiger partial charge is 0.306 e. The van der Waals surface area contributed by atoms with E-state index in [0.29, 0.717) is 43.7 Å². The number of likely N-dealkylation sites (N-methyl/N-ethyl adjacent to an activating group) is 1. The van der Waals surface area contributed by atoms with Gasteiger partial charge in [-0.3, -0.25) is 9.59 Å². The van der Waals surface area contributed by atoms with Gasteiger partial charge in [0, 0.05) is 57.2 Å². The molecule has 3 heterocycles. The summed E-state index contributed by atoms with van der Waals surface area (Å²) in [6.45, 7) is 10.2. The van der Waals surface area contributed by atoms with Crippen molar-refractivity contribution >= 4 is 11.8 Å². The molecule has 348 valence electrons. The van der Waals surface area contributed by atoms with Crippen LogP contribution in [0.25, 0.3) is 0 Å². The maximum absolute atomic E-state index is 15.1. The molecule has 0 bridgehead atoms. The molecular weight excluding hydrogens is 793 g/mol. The van der Waals surface area contributed by atoms with Gasteiger partial charge in [0.2, 0.25) is 0 Å². The number of cyclic esters (lactones) is 1. The summed E-state index contributed by atoms with van der Waals surface area (Å²) >= 11 is 0. The highest BCUT2D eigenvalue weighted by molar-refractivity contribution is 5.99. The van der Waals surface area contributed by atoms with Crippen molar-refractivity contribution < 1.29 is 52.6 Å². The van der Waals surface area contributed by atoms with E-state index in [9.17, 15) is 9.90 Å². The molecule has 3 aliphatic heterocycles. The molecule has 62 heavy (non-hydrogen) atoms. The molecule has 2 saturated carbocycles. The Morgan fingerprint density at radius 2 is 1.58 bits per heavy atom. The molecule has 2 N–H and O–H groups in total. The van der Waals surface area contributed by atoms with Crippen molar-refractivity contribution in [3.63, 3.8) is 0 Å². The zero-order chi connectivity index (χ0) is 44.4. The number of hydrogen-bond donors (Lipinski definition) is 2. The summed E-state index contributed by atoms with van der Waals surface area (Å²) < 4.78 is 50.4. The van der Waals surface area contributed by atoms with Crippen molar-refractivity contribution in [2.75, 3.05) is 35.4 Å². The van der Waals surface area contributed by atoms with Crippen LogP contribution in [0, 0.1) is 35.5 Å². The first kappa shape index (κ1) is 47.7. The lowest BCUT2D eigenvalue weighted by atomic mass is 9.62. The minimum absolute atomic E-state index is 0.00385. The number of nitrogens with zero attached hydrogens (tertiary/aromatic N) is 1. The number of aliphatic hydroxyl groups is 1. The highest BCUT2D eigenvalue weighted by atomic mass is 16.7. The van der Waals surface area contributed by atoms with Crippen LogP contribution in [0.1, 0.15) is 104 Å². The van der Waals surface area contributed by atoms with Gasteiger partial charge in [-0.2, -0.15) is 0 Å². The highest BCUT2D eigenvalue weighted by Gasteiger charge is 2.60. The molecule has 0 spiro atoms. The first-order valence-corrected chi connectivity index (χ1v) is 23.6. The Morgan fingerprint density at radius 3 is 2.24 bits per heavy atom. The third-order valence-corrected chi connectivity index (χ3v) is 15.6. The summed E-state index contributed by atoms with van der Waals surface area (Å²) in [5.41, 5.74) is 1.73. The Bertz CT molecular complexity index is 1660. The SMILES string of the molecule is CC[C@H]1CCC[C@H](O[C@H]2CC[C@H](N(C)C)C(C)O2)[C@@H](C)C(=O)C2=C[C@H]3[C@@H]4C[C@H](O[C@@H]5OC(C)[C@H](OC)C(OC)[C@@H]5OC)C[C@H]4[C@@H](N[C@@H](C)c4ccccc4)[C@@H](O)[C@H]3[C@@H]2CC(=O)O1. The average Bonchev–Trinajstić information content (AvgIpc) is 3.85. The van der Waals surface area contributed by atoms with Crippen LogP contribution >= 0.6 is 0 Å². The van der Waals surface area contributed by atoms with Crippen LogP contribution in [0.15, 0.2) is 42.0 Å². The summed E-state index contributed by atoms with van der Waals surface area (Å²) in [5.74, 6) is -1.84. The van der Waals surface area contributed by atoms with Crippen molar-refractivity contribution in [2.24, 2.45) is 35.5 Å². The van der Waals surface area contributed by atoms with Gasteiger partial charge in [0.05, 0.1) is 36.9 Å². The number of carbonyl (C=O) groups is 2. The van der Waals surface area contributed by atoms with Gasteiger partial charge in [-0.15, -0.1) is 0 Å². The molecule has 13 heteroatoms. The van der Waals surface area contributed by atoms with Crippen LogP contribution in [0.2, 0.25) is 0 Å². The van der Waals surface area contributed by atoms with E-state index >= 15 is 4.79 Å². The van der Waals surface area contributed by atoms with E-state index in [1.54, 1.807) is 21.3 Å². The second kappa shape index (κ2) is 20.9.